The third-order valence-corrected chi connectivity index (χ3v) is 4.99. The predicted octanol–water partition coefficient (Wildman–Crippen LogP) is 3.44. The lowest BCUT2D eigenvalue weighted by atomic mass is 10.00. The molecule has 0 amide bonds. The van der Waals surface area contributed by atoms with Gasteiger partial charge in [0.1, 0.15) is 0 Å². The number of anilines is 1. The second-order valence-corrected chi connectivity index (χ2v) is 6.99. The van der Waals surface area contributed by atoms with Crippen LogP contribution < -0.4 is 10.2 Å². The van der Waals surface area contributed by atoms with E-state index in [0.717, 1.165) is 18.9 Å². The molecule has 1 aromatic rings. The molecule has 1 aliphatic heterocycles. The second kappa shape index (κ2) is 6.71. The van der Waals surface area contributed by atoms with Crippen LogP contribution in [0.1, 0.15) is 51.1 Å². The summed E-state index contributed by atoms with van der Waals surface area (Å²) < 4.78 is 0. The fraction of sp³-hybridized carbons (Fsp3) is 0.800. The van der Waals surface area contributed by atoms with Crippen LogP contribution in [-0.4, -0.2) is 24.1 Å². The molecule has 1 aliphatic rings. The molecule has 4 heteroatoms. The zero-order valence-corrected chi connectivity index (χ0v) is 13.5. The number of nitrogens with one attached hydrogen (secondary N) is 1. The number of aryl methyl sites for hydroxylation is 1. The summed E-state index contributed by atoms with van der Waals surface area (Å²) in [5, 5.41) is 4.75. The van der Waals surface area contributed by atoms with Gasteiger partial charge < -0.3 is 10.2 Å². The van der Waals surface area contributed by atoms with Crippen LogP contribution in [0.4, 0.5) is 5.13 Å². The summed E-state index contributed by atoms with van der Waals surface area (Å²) in [6.07, 6.45) is 3.65. The van der Waals surface area contributed by atoms with Crippen LogP contribution in [0.3, 0.4) is 0 Å². The van der Waals surface area contributed by atoms with Gasteiger partial charge in [-0.2, -0.15) is 0 Å². The Balaban J connectivity index is 2.05. The Kier molecular flexibility index (Phi) is 5.22. The predicted molar refractivity (Wildman–Crippen MR) is 84.1 cm³/mol. The van der Waals surface area contributed by atoms with Crippen molar-refractivity contribution >= 4 is 16.5 Å². The summed E-state index contributed by atoms with van der Waals surface area (Å²) in [5.74, 6) is 0.879. The maximum atomic E-state index is 4.86. The molecule has 2 heterocycles. The Labute approximate surface area is 121 Å². The standard InChI is InChI=1S/C15H27N3S/c1-5-13-14(10-16-11(2)3)19-15(17-13)18-8-6-12(4)7-9-18/h11-12,16H,5-10H2,1-4H3. The Morgan fingerprint density at radius 3 is 2.63 bits per heavy atom. The van der Waals surface area contributed by atoms with Gasteiger partial charge in [0, 0.05) is 30.6 Å². The molecule has 0 radical (unpaired) electrons. The lowest BCUT2D eigenvalue weighted by molar-refractivity contribution is 0.438. The Hall–Kier alpha value is -0.610. The molecular weight excluding hydrogens is 254 g/mol. The molecule has 0 bridgehead atoms. The van der Waals surface area contributed by atoms with Gasteiger partial charge in [-0.1, -0.05) is 27.7 Å². The van der Waals surface area contributed by atoms with Crippen LogP contribution in [0.2, 0.25) is 0 Å². The molecule has 19 heavy (non-hydrogen) atoms. The average Bonchev–Trinajstić information content (AvgIpc) is 2.80. The molecule has 1 aromatic heterocycles. The van der Waals surface area contributed by atoms with Crippen molar-refractivity contribution in [3.63, 3.8) is 0 Å². The summed E-state index contributed by atoms with van der Waals surface area (Å²) >= 11 is 1.89. The van der Waals surface area contributed by atoms with Crippen molar-refractivity contribution in [2.24, 2.45) is 5.92 Å². The van der Waals surface area contributed by atoms with Crippen LogP contribution >= 0.6 is 11.3 Å². The SMILES string of the molecule is CCc1nc(N2CCC(C)CC2)sc1CNC(C)C. The summed E-state index contributed by atoms with van der Waals surface area (Å²) in [6.45, 7) is 12.3. The van der Waals surface area contributed by atoms with Gasteiger partial charge in [-0.3, -0.25) is 0 Å². The van der Waals surface area contributed by atoms with Crippen LogP contribution in [0.25, 0.3) is 0 Å². The second-order valence-electron chi connectivity index (χ2n) is 5.93. The molecule has 0 unspecified atom stereocenters. The van der Waals surface area contributed by atoms with Crippen LogP contribution in [0.5, 0.6) is 0 Å². The number of hydrogen-bond donors (Lipinski definition) is 1. The van der Waals surface area contributed by atoms with E-state index in [9.17, 15) is 0 Å². The highest BCUT2D eigenvalue weighted by Crippen LogP contribution is 2.30. The molecule has 3 nitrogen and oxygen atoms in total. The smallest absolute Gasteiger partial charge is 0.185 e. The molecule has 1 N–H and O–H groups in total. The zero-order chi connectivity index (χ0) is 13.8. The van der Waals surface area contributed by atoms with Crippen molar-refractivity contribution in [1.82, 2.24) is 10.3 Å². The number of nitrogens with zero attached hydrogens (tertiary/aromatic N) is 2. The maximum Gasteiger partial charge on any atom is 0.185 e. The van der Waals surface area contributed by atoms with Gasteiger partial charge in [0.2, 0.25) is 0 Å². The lowest BCUT2D eigenvalue weighted by Gasteiger charge is -2.29. The van der Waals surface area contributed by atoms with E-state index in [0.29, 0.717) is 6.04 Å². The quantitative estimate of drug-likeness (QED) is 0.896. The summed E-state index contributed by atoms with van der Waals surface area (Å²) in [6, 6.07) is 0.533. The van der Waals surface area contributed by atoms with Gasteiger partial charge in [-0.15, -0.1) is 11.3 Å². The Morgan fingerprint density at radius 2 is 2.05 bits per heavy atom. The minimum atomic E-state index is 0.533. The first-order valence-electron chi connectivity index (χ1n) is 7.57. The van der Waals surface area contributed by atoms with E-state index in [1.165, 1.54) is 41.6 Å². The van der Waals surface area contributed by atoms with Gasteiger partial charge in [-0.25, -0.2) is 4.98 Å². The first kappa shape index (κ1) is 14.8. The van der Waals surface area contributed by atoms with E-state index in [1.807, 2.05) is 11.3 Å². The van der Waals surface area contributed by atoms with Crippen molar-refractivity contribution in [2.75, 3.05) is 18.0 Å². The third kappa shape index (κ3) is 3.93. The average molecular weight is 281 g/mol. The topological polar surface area (TPSA) is 28.2 Å². The van der Waals surface area contributed by atoms with Gasteiger partial charge in [0.15, 0.2) is 5.13 Å². The molecule has 0 aliphatic carbocycles. The molecule has 1 fully saturated rings. The number of rotatable bonds is 5. The summed E-state index contributed by atoms with van der Waals surface area (Å²) in [4.78, 5) is 8.76. The molecule has 0 spiro atoms. The number of aromatic nitrogens is 1. The largest absolute Gasteiger partial charge is 0.348 e. The van der Waals surface area contributed by atoms with Crippen molar-refractivity contribution < 1.29 is 0 Å². The lowest BCUT2D eigenvalue weighted by Crippen LogP contribution is -2.32. The van der Waals surface area contributed by atoms with Crippen molar-refractivity contribution in [1.29, 1.82) is 0 Å². The molecule has 108 valence electrons. The van der Waals surface area contributed by atoms with Gasteiger partial charge >= 0.3 is 0 Å². The van der Waals surface area contributed by atoms with Crippen LogP contribution in [0.15, 0.2) is 0 Å². The van der Waals surface area contributed by atoms with E-state index in [4.69, 9.17) is 4.98 Å². The minimum absolute atomic E-state index is 0.533. The van der Waals surface area contributed by atoms with Crippen molar-refractivity contribution in [2.45, 2.75) is 59.5 Å². The van der Waals surface area contributed by atoms with Gasteiger partial charge in [-0.05, 0) is 25.2 Å². The maximum absolute atomic E-state index is 4.86. The highest BCUT2D eigenvalue weighted by Gasteiger charge is 2.20. The van der Waals surface area contributed by atoms with E-state index in [1.54, 1.807) is 0 Å². The monoisotopic (exact) mass is 281 g/mol. The van der Waals surface area contributed by atoms with Crippen molar-refractivity contribution in [3.05, 3.63) is 10.6 Å². The first-order valence-corrected chi connectivity index (χ1v) is 8.38. The fourth-order valence-electron chi connectivity index (χ4n) is 2.42. The van der Waals surface area contributed by atoms with E-state index < -0.39 is 0 Å². The highest BCUT2D eigenvalue weighted by molar-refractivity contribution is 7.15. The molecule has 0 aromatic carbocycles. The minimum Gasteiger partial charge on any atom is -0.348 e. The summed E-state index contributed by atoms with van der Waals surface area (Å²) in [7, 11) is 0. The highest BCUT2D eigenvalue weighted by atomic mass is 32.1. The number of piperidine rings is 1. The normalized spacial score (nSPS) is 17.4. The molecular formula is C15H27N3S. The van der Waals surface area contributed by atoms with E-state index >= 15 is 0 Å². The van der Waals surface area contributed by atoms with Gasteiger partial charge in [0.05, 0.1) is 5.69 Å². The van der Waals surface area contributed by atoms with E-state index in [-0.39, 0.29) is 0 Å². The Bertz CT molecular complexity index is 392. The van der Waals surface area contributed by atoms with E-state index in [2.05, 4.69) is 37.9 Å². The third-order valence-electron chi connectivity index (χ3n) is 3.83. The number of hydrogen-bond acceptors (Lipinski definition) is 4. The van der Waals surface area contributed by atoms with Crippen molar-refractivity contribution in [3.8, 4) is 0 Å². The zero-order valence-electron chi connectivity index (χ0n) is 12.7. The van der Waals surface area contributed by atoms with Crippen LogP contribution in [0, 0.1) is 5.92 Å². The van der Waals surface area contributed by atoms with Crippen LogP contribution in [-0.2, 0) is 13.0 Å². The molecule has 2 rings (SSSR count). The summed E-state index contributed by atoms with van der Waals surface area (Å²) in [5.41, 5.74) is 1.28. The fourth-order valence-corrected chi connectivity index (χ4v) is 3.57. The number of thiazole rings is 1. The molecule has 0 saturated carbocycles. The molecule has 1 saturated heterocycles. The van der Waals surface area contributed by atoms with Gasteiger partial charge in [0.25, 0.3) is 0 Å². The first-order chi connectivity index (χ1) is 9.10. The molecule has 0 atom stereocenters. The Morgan fingerprint density at radius 1 is 1.37 bits per heavy atom.